The molecule has 0 aliphatic carbocycles. The SMILES string of the molecule is N#Cc1ccc(-c2ccc3c4ccccc4n(-c4cc(-c5c(C#N)cccc5C(F)(F)F)cc(-n5c6ccccc6c6ccc(-c7ccc(C#N)cc7)cc65)c4C#N)c3c2)cc1. The molecule has 10 aromatic rings. The van der Waals surface area contributed by atoms with Crippen molar-refractivity contribution in [2.24, 2.45) is 0 Å². The standard InChI is InChI=1S/C53H27F3N6/c54-53(55,56)45-9-5-6-38(30-59)52(45)39-26-50(61-46-10-3-1-7-40(46)42-22-20-36(24-48(42)61)34-16-12-32(28-57)13-17-34)44(31-60)51(27-39)62-47-11-4-2-8-41(47)43-23-21-37(25-49(43)62)35-18-14-33(29-58)15-19-35/h1-27H. The van der Waals surface area contributed by atoms with E-state index >= 15 is 13.2 Å². The third kappa shape index (κ3) is 5.93. The number of rotatable bonds is 5. The van der Waals surface area contributed by atoms with E-state index in [4.69, 9.17) is 0 Å². The van der Waals surface area contributed by atoms with Gasteiger partial charge in [0.25, 0.3) is 0 Å². The van der Waals surface area contributed by atoms with Crippen LogP contribution in [0.1, 0.15) is 27.8 Å². The van der Waals surface area contributed by atoms with Crippen molar-refractivity contribution >= 4 is 43.6 Å². The molecule has 10 rings (SSSR count). The summed E-state index contributed by atoms with van der Waals surface area (Å²) in [5, 5.41) is 44.1. The van der Waals surface area contributed by atoms with Gasteiger partial charge in [0, 0.05) is 27.1 Å². The molecule has 2 aromatic heterocycles. The monoisotopic (exact) mass is 804 g/mol. The predicted molar refractivity (Wildman–Crippen MR) is 235 cm³/mol. The third-order valence-electron chi connectivity index (χ3n) is 11.5. The van der Waals surface area contributed by atoms with Crippen LogP contribution < -0.4 is 0 Å². The fourth-order valence-electron chi connectivity index (χ4n) is 8.71. The molecule has 0 N–H and O–H groups in total. The van der Waals surface area contributed by atoms with Gasteiger partial charge in [-0.2, -0.15) is 34.2 Å². The molecular weight excluding hydrogens is 778 g/mol. The van der Waals surface area contributed by atoms with Crippen molar-refractivity contribution in [2.45, 2.75) is 6.18 Å². The highest BCUT2D eigenvalue weighted by molar-refractivity contribution is 6.12. The fourth-order valence-corrected chi connectivity index (χ4v) is 8.71. The highest BCUT2D eigenvalue weighted by atomic mass is 19.4. The van der Waals surface area contributed by atoms with E-state index in [9.17, 15) is 21.0 Å². The smallest absolute Gasteiger partial charge is 0.308 e. The number of aromatic nitrogens is 2. The van der Waals surface area contributed by atoms with Crippen LogP contribution in [0.3, 0.4) is 0 Å². The zero-order chi connectivity index (χ0) is 42.7. The largest absolute Gasteiger partial charge is 0.417 e. The molecule has 290 valence electrons. The fraction of sp³-hybridized carbons (Fsp3) is 0.0189. The second-order valence-corrected chi connectivity index (χ2v) is 14.9. The first-order valence-electron chi connectivity index (χ1n) is 19.5. The molecule has 8 aromatic carbocycles. The molecule has 0 aliphatic rings. The molecular formula is C53H27F3N6. The lowest BCUT2D eigenvalue weighted by atomic mass is 9.92. The van der Waals surface area contributed by atoms with Crippen molar-refractivity contribution in [1.82, 2.24) is 9.13 Å². The summed E-state index contributed by atoms with van der Waals surface area (Å²) < 4.78 is 49.1. The minimum atomic E-state index is -4.82. The molecule has 62 heavy (non-hydrogen) atoms. The molecule has 6 nitrogen and oxygen atoms in total. The van der Waals surface area contributed by atoms with E-state index < -0.39 is 11.7 Å². The van der Waals surface area contributed by atoms with E-state index in [1.165, 1.54) is 12.1 Å². The van der Waals surface area contributed by atoms with Gasteiger partial charge in [-0.25, -0.2) is 0 Å². The van der Waals surface area contributed by atoms with Crippen molar-refractivity contribution in [1.29, 1.82) is 21.0 Å². The maximum absolute atomic E-state index is 15.1. The summed E-state index contributed by atoms with van der Waals surface area (Å²) in [6, 6.07) is 57.2. The Morgan fingerprint density at radius 2 is 0.839 bits per heavy atom. The van der Waals surface area contributed by atoms with Crippen molar-refractivity contribution in [3.05, 3.63) is 192 Å². The normalized spacial score (nSPS) is 11.4. The van der Waals surface area contributed by atoms with Gasteiger partial charge in [0.05, 0.1) is 73.9 Å². The van der Waals surface area contributed by atoms with Gasteiger partial charge < -0.3 is 9.13 Å². The first-order valence-corrected chi connectivity index (χ1v) is 19.5. The summed E-state index contributed by atoms with van der Waals surface area (Å²) in [5.74, 6) is 0. The van der Waals surface area contributed by atoms with Crippen LogP contribution in [-0.4, -0.2) is 9.13 Å². The van der Waals surface area contributed by atoms with Gasteiger partial charge in [-0.1, -0.05) is 91.0 Å². The van der Waals surface area contributed by atoms with Crippen LogP contribution in [-0.2, 0) is 6.18 Å². The molecule has 0 saturated heterocycles. The average Bonchev–Trinajstić information content (AvgIpc) is 3.82. The van der Waals surface area contributed by atoms with Gasteiger partial charge in [-0.05, 0) is 101 Å². The lowest BCUT2D eigenvalue weighted by Gasteiger charge is -2.21. The van der Waals surface area contributed by atoms with Crippen LogP contribution in [0.4, 0.5) is 13.2 Å². The van der Waals surface area contributed by atoms with Crippen molar-refractivity contribution in [2.75, 3.05) is 0 Å². The van der Waals surface area contributed by atoms with Crippen LogP contribution >= 0.6 is 0 Å². The van der Waals surface area contributed by atoms with Gasteiger partial charge in [-0.3, -0.25) is 0 Å². The molecule has 0 unspecified atom stereocenters. The van der Waals surface area contributed by atoms with Crippen LogP contribution in [0.5, 0.6) is 0 Å². The van der Waals surface area contributed by atoms with Crippen LogP contribution in [0.2, 0.25) is 0 Å². The van der Waals surface area contributed by atoms with Crippen molar-refractivity contribution in [3.63, 3.8) is 0 Å². The molecule has 0 saturated carbocycles. The molecule has 0 amide bonds. The number of hydrogen-bond acceptors (Lipinski definition) is 4. The second kappa shape index (κ2) is 14.4. The first kappa shape index (κ1) is 37.4. The topological polar surface area (TPSA) is 105 Å². The van der Waals surface area contributed by atoms with Crippen LogP contribution in [0.25, 0.3) is 88.4 Å². The third-order valence-corrected chi connectivity index (χ3v) is 11.5. The Labute approximate surface area is 352 Å². The second-order valence-electron chi connectivity index (χ2n) is 14.9. The van der Waals surface area contributed by atoms with Gasteiger partial charge >= 0.3 is 6.18 Å². The van der Waals surface area contributed by atoms with Gasteiger partial charge in [0.2, 0.25) is 0 Å². The van der Waals surface area contributed by atoms with Crippen LogP contribution in [0.15, 0.2) is 164 Å². The molecule has 0 bridgehead atoms. The van der Waals surface area contributed by atoms with Gasteiger partial charge in [0.15, 0.2) is 0 Å². The van der Waals surface area contributed by atoms with Crippen molar-refractivity contribution < 1.29 is 13.2 Å². The molecule has 2 heterocycles. The predicted octanol–water partition coefficient (Wildman–Crippen LogP) is 13.4. The van der Waals surface area contributed by atoms with Crippen LogP contribution in [0, 0.1) is 45.3 Å². The van der Waals surface area contributed by atoms with Gasteiger partial charge in [0.1, 0.15) is 11.6 Å². The summed E-state index contributed by atoms with van der Waals surface area (Å²) in [7, 11) is 0. The number of nitriles is 4. The van der Waals surface area contributed by atoms with E-state index in [2.05, 4.69) is 18.2 Å². The minimum Gasteiger partial charge on any atom is -0.308 e. The van der Waals surface area contributed by atoms with Gasteiger partial charge in [-0.15, -0.1) is 0 Å². The number of benzene rings is 8. The Hall–Kier alpha value is -8.89. The van der Waals surface area contributed by atoms with E-state index in [0.717, 1.165) is 49.9 Å². The van der Waals surface area contributed by atoms with E-state index in [0.29, 0.717) is 44.6 Å². The molecule has 0 aliphatic heterocycles. The first-order chi connectivity index (χ1) is 30.2. The number of para-hydroxylation sites is 2. The van der Waals surface area contributed by atoms with E-state index in [1.54, 1.807) is 36.4 Å². The summed E-state index contributed by atoms with van der Waals surface area (Å²) >= 11 is 0. The number of alkyl halides is 3. The highest BCUT2D eigenvalue weighted by Crippen LogP contribution is 2.45. The average molecular weight is 805 g/mol. The van der Waals surface area contributed by atoms with E-state index in [1.807, 2.05) is 124 Å². The Morgan fingerprint density at radius 1 is 0.387 bits per heavy atom. The Kier molecular flexibility index (Phi) is 8.70. The number of hydrogen-bond donors (Lipinski definition) is 0. The number of nitrogens with zero attached hydrogens (tertiary/aromatic N) is 6. The zero-order valence-corrected chi connectivity index (χ0v) is 32.4. The summed E-state index contributed by atoms with van der Waals surface area (Å²) in [4.78, 5) is 0. The summed E-state index contributed by atoms with van der Waals surface area (Å²) in [5.41, 5.74) is 6.67. The quantitative estimate of drug-likeness (QED) is 0.173. The highest BCUT2D eigenvalue weighted by Gasteiger charge is 2.35. The van der Waals surface area contributed by atoms with Crippen molar-refractivity contribution in [3.8, 4) is 69.0 Å². The lowest BCUT2D eigenvalue weighted by Crippen LogP contribution is -2.10. The van der Waals surface area contributed by atoms with E-state index in [-0.39, 0.29) is 22.3 Å². The molecule has 9 heteroatoms. The zero-order valence-electron chi connectivity index (χ0n) is 32.4. The summed E-state index contributed by atoms with van der Waals surface area (Å²) in [6.45, 7) is 0. The maximum Gasteiger partial charge on any atom is 0.417 e. The number of halogens is 3. The number of fused-ring (bicyclic) bond motifs is 6. The Morgan fingerprint density at radius 3 is 1.27 bits per heavy atom. The molecule has 0 atom stereocenters. The summed E-state index contributed by atoms with van der Waals surface area (Å²) in [6.07, 6.45) is -4.82. The lowest BCUT2D eigenvalue weighted by molar-refractivity contribution is -0.137. The molecule has 0 spiro atoms. The Bertz CT molecular complexity index is 3460. The molecule has 0 fully saturated rings. The minimum absolute atomic E-state index is 0.0989. The Balaban J connectivity index is 1.36. The maximum atomic E-state index is 15.1. The molecule has 0 radical (unpaired) electrons.